The summed E-state index contributed by atoms with van der Waals surface area (Å²) >= 11 is 1.88. The summed E-state index contributed by atoms with van der Waals surface area (Å²) in [5.74, 6) is 0.207. The molecule has 30 heavy (non-hydrogen) atoms. The monoisotopic (exact) mass is 430 g/mol. The molecule has 1 aliphatic rings. The van der Waals surface area contributed by atoms with Crippen LogP contribution in [-0.4, -0.2) is 24.4 Å². The number of hydrogen-bond acceptors (Lipinski definition) is 6. The molecule has 1 aromatic heterocycles. The fourth-order valence-electron chi connectivity index (χ4n) is 3.53. The molecule has 1 fully saturated rings. The molecular weight excluding hydrogens is 400 g/mol. The Balaban J connectivity index is 1.52. The normalized spacial score (nSPS) is 14.6. The summed E-state index contributed by atoms with van der Waals surface area (Å²) in [6, 6.07) is 7.43. The van der Waals surface area contributed by atoms with Crippen molar-refractivity contribution in [3.63, 3.8) is 0 Å². The largest absolute Gasteiger partial charge is 0.493 e. The molecular formula is C24H30O5S. The number of ether oxygens (including phenoxy) is 2. The fourth-order valence-corrected chi connectivity index (χ4v) is 4.81. The zero-order valence-corrected chi connectivity index (χ0v) is 18.4. The van der Waals surface area contributed by atoms with E-state index in [1.165, 1.54) is 38.2 Å². The molecule has 1 heterocycles. The van der Waals surface area contributed by atoms with E-state index in [1.54, 1.807) is 6.92 Å². The van der Waals surface area contributed by atoms with Crippen LogP contribution >= 0.6 is 11.8 Å². The van der Waals surface area contributed by atoms with Gasteiger partial charge in [-0.05, 0) is 57.2 Å². The van der Waals surface area contributed by atoms with Crippen LogP contribution in [0.5, 0.6) is 5.75 Å². The van der Waals surface area contributed by atoms with Crippen LogP contribution < -0.4 is 10.4 Å². The number of fused-ring (bicyclic) bond motifs is 1. The highest BCUT2D eigenvalue weighted by molar-refractivity contribution is 8.00. The van der Waals surface area contributed by atoms with Crippen molar-refractivity contribution in [2.75, 3.05) is 13.2 Å². The molecule has 3 rings (SSSR count). The van der Waals surface area contributed by atoms with Crippen LogP contribution in [0.3, 0.4) is 0 Å². The van der Waals surface area contributed by atoms with Crippen LogP contribution in [-0.2, 0) is 9.53 Å². The molecule has 0 radical (unpaired) electrons. The lowest BCUT2D eigenvalue weighted by Crippen LogP contribution is -2.08. The molecule has 0 amide bonds. The Hall–Kier alpha value is -2.21. The van der Waals surface area contributed by atoms with Gasteiger partial charge in [-0.25, -0.2) is 9.59 Å². The zero-order chi connectivity index (χ0) is 21.3. The fraction of sp³-hybridized carbons (Fsp3) is 0.500. The van der Waals surface area contributed by atoms with Gasteiger partial charge in [-0.15, -0.1) is 11.8 Å². The molecule has 1 aliphatic carbocycles. The Labute approximate surface area is 181 Å². The van der Waals surface area contributed by atoms with E-state index in [9.17, 15) is 9.59 Å². The molecule has 162 valence electrons. The van der Waals surface area contributed by atoms with Crippen LogP contribution in [0, 0.1) is 0 Å². The third-order valence-corrected chi connectivity index (χ3v) is 6.49. The van der Waals surface area contributed by atoms with E-state index in [1.807, 2.05) is 23.9 Å². The van der Waals surface area contributed by atoms with E-state index in [0.717, 1.165) is 29.5 Å². The highest BCUT2D eigenvalue weighted by Crippen LogP contribution is 2.35. The molecule has 0 atom stereocenters. The van der Waals surface area contributed by atoms with Crippen molar-refractivity contribution in [2.45, 2.75) is 68.4 Å². The Kier molecular flexibility index (Phi) is 8.43. The average Bonchev–Trinajstić information content (AvgIpc) is 2.73. The van der Waals surface area contributed by atoms with Crippen molar-refractivity contribution in [2.24, 2.45) is 0 Å². The van der Waals surface area contributed by atoms with Gasteiger partial charge in [-0.1, -0.05) is 25.8 Å². The maximum absolute atomic E-state index is 12.0. The lowest BCUT2D eigenvalue weighted by atomic mass is 10.0. The molecule has 0 saturated heterocycles. The molecule has 0 unspecified atom stereocenters. The molecule has 6 heteroatoms. The van der Waals surface area contributed by atoms with Gasteiger partial charge in [0.25, 0.3) is 0 Å². The minimum absolute atomic E-state index is 0.352. The van der Waals surface area contributed by atoms with E-state index in [4.69, 9.17) is 13.9 Å². The van der Waals surface area contributed by atoms with Crippen LogP contribution in [0.1, 0.15) is 58.3 Å². The molecule has 1 aromatic carbocycles. The van der Waals surface area contributed by atoms with Crippen molar-refractivity contribution >= 4 is 28.7 Å². The number of unbranched alkanes of at least 4 members (excludes halogenated alkanes) is 2. The molecule has 0 aliphatic heterocycles. The first-order valence-electron chi connectivity index (χ1n) is 10.7. The Morgan fingerprint density at radius 3 is 2.67 bits per heavy atom. The van der Waals surface area contributed by atoms with Crippen molar-refractivity contribution in [1.82, 2.24) is 0 Å². The summed E-state index contributed by atoms with van der Waals surface area (Å²) in [4.78, 5) is 24.4. The van der Waals surface area contributed by atoms with Crippen LogP contribution in [0.2, 0.25) is 0 Å². The van der Waals surface area contributed by atoms with Crippen LogP contribution in [0.15, 0.2) is 50.5 Å². The van der Waals surface area contributed by atoms with E-state index in [2.05, 4.69) is 12.6 Å². The lowest BCUT2D eigenvalue weighted by Gasteiger charge is -2.21. The molecule has 1 saturated carbocycles. The Morgan fingerprint density at radius 1 is 1.13 bits per heavy atom. The van der Waals surface area contributed by atoms with Gasteiger partial charge < -0.3 is 13.9 Å². The number of esters is 1. The second kappa shape index (κ2) is 11.3. The summed E-state index contributed by atoms with van der Waals surface area (Å²) in [6.07, 6.45) is 8.88. The number of carbonyl (C=O) groups excluding carboxylic acids is 1. The van der Waals surface area contributed by atoms with Gasteiger partial charge in [0.15, 0.2) is 0 Å². The summed E-state index contributed by atoms with van der Waals surface area (Å²) < 4.78 is 16.4. The van der Waals surface area contributed by atoms with Crippen molar-refractivity contribution < 1.29 is 18.7 Å². The van der Waals surface area contributed by atoms with Gasteiger partial charge >= 0.3 is 11.6 Å². The molecule has 0 N–H and O–H groups in total. The van der Waals surface area contributed by atoms with Gasteiger partial charge in [0.2, 0.25) is 0 Å². The van der Waals surface area contributed by atoms with Gasteiger partial charge in [-0.2, -0.15) is 0 Å². The lowest BCUT2D eigenvalue weighted by molar-refractivity contribution is -0.139. The average molecular weight is 431 g/mol. The SMILES string of the molecule is C=C(C)C(=O)OCCCCCOc1cc(=O)oc2cc(SC3CCCCC3)ccc12. The maximum atomic E-state index is 12.0. The first kappa shape index (κ1) is 22.5. The summed E-state index contributed by atoms with van der Waals surface area (Å²) in [5.41, 5.74) is 0.586. The third-order valence-electron chi connectivity index (χ3n) is 5.16. The van der Waals surface area contributed by atoms with Crippen LogP contribution in [0.4, 0.5) is 0 Å². The number of hydrogen-bond donors (Lipinski definition) is 0. The standard InChI is InChI=1S/C24H30O5S/c1-17(2)24(26)28-14-8-4-7-13-27-21-16-23(25)29-22-15-19(11-12-20(21)22)30-18-9-5-3-6-10-18/h11-12,15-16,18H,1,3-10,13-14H2,2H3. The Bertz CT molecular complexity index is 927. The molecule has 2 aromatic rings. The van der Waals surface area contributed by atoms with Gasteiger partial charge in [0.05, 0.1) is 24.7 Å². The number of carbonyl (C=O) groups is 1. The van der Waals surface area contributed by atoms with E-state index < -0.39 is 5.63 Å². The number of rotatable bonds is 10. The predicted octanol–water partition coefficient (Wildman–Crippen LogP) is 5.89. The molecule has 0 spiro atoms. The first-order chi connectivity index (χ1) is 14.5. The zero-order valence-electron chi connectivity index (χ0n) is 17.6. The van der Waals surface area contributed by atoms with Crippen LogP contribution in [0.25, 0.3) is 11.0 Å². The summed E-state index contributed by atoms with van der Waals surface area (Å²) in [5, 5.41) is 1.47. The highest BCUT2D eigenvalue weighted by atomic mass is 32.2. The van der Waals surface area contributed by atoms with Gasteiger partial charge in [0, 0.05) is 15.7 Å². The maximum Gasteiger partial charge on any atom is 0.339 e. The minimum Gasteiger partial charge on any atom is -0.493 e. The van der Waals surface area contributed by atoms with Crippen molar-refractivity contribution in [3.8, 4) is 5.75 Å². The predicted molar refractivity (Wildman–Crippen MR) is 120 cm³/mol. The Morgan fingerprint density at radius 2 is 1.90 bits per heavy atom. The highest BCUT2D eigenvalue weighted by Gasteiger charge is 2.16. The van der Waals surface area contributed by atoms with Gasteiger partial charge in [0.1, 0.15) is 11.3 Å². The number of benzene rings is 1. The van der Waals surface area contributed by atoms with Crippen molar-refractivity contribution in [3.05, 3.63) is 46.8 Å². The summed E-state index contributed by atoms with van der Waals surface area (Å²) in [6.45, 7) is 6.06. The van der Waals surface area contributed by atoms with Gasteiger partial charge in [-0.3, -0.25) is 0 Å². The third kappa shape index (κ3) is 6.66. The minimum atomic E-state index is -0.399. The number of thioether (sulfide) groups is 1. The van der Waals surface area contributed by atoms with E-state index >= 15 is 0 Å². The van der Waals surface area contributed by atoms with Crippen molar-refractivity contribution in [1.29, 1.82) is 0 Å². The quantitative estimate of drug-likeness (QED) is 0.203. The smallest absolute Gasteiger partial charge is 0.339 e. The second-order valence-corrected chi connectivity index (χ2v) is 9.16. The topological polar surface area (TPSA) is 65.7 Å². The van der Waals surface area contributed by atoms with E-state index in [-0.39, 0.29) is 5.97 Å². The molecule has 0 bridgehead atoms. The molecule has 5 nitrogen and oxygen atoms in total. The first-order valence-corrected chi connectivity index (χ1v) is 11.6. The second-order valence-electron chi connectivity index (χ2n) is 7.79. The summed E-state index contributed by atoms with van der Waals surface area (Å²) in [7, 11) is 0. The van der Waals surface area contributed by atoms with E-state index in [0.29, 0.717) is 35.4 Å².